The lowest BCUT2D eigenvalue weighted by Gasteiger charge is -2.09. The second-order valence-electron chi connectivity index (χ2n) is 5.18. The van der Waals surface area contributed by atoms with Crippen molar-refractivity contribution < 1.29 is 19.2 Å². The van der Waals surface area contributed by atoms with Crippen molar-refractivity contribution in [1.29, 1.82) is 0 Å². The quantitative estimate of drug-likeness (QED) is 0.331. The smallest absolute Gasteiger partial charge is 0.316 e. The third kappa shape index (κ3) is 5.75. The summed E-state index contributed by atoms with van der Waals surface area (Å²) in [5.74, 6) is -1.27. The summed E-state index contributed by atoms with van der Waals surface area (Å²) in [4.78, 5) is 34.4. The Bertz CT molecular complexity index is 844. The maximum Gasteiger partial charge on any atom is 0.316 e. The molecule has 0 fully saturated rings. The number of nitro groups is 1. The molecule has 0 radical (unpaired) electrons. The Morgan fingerprint density at radius 2 is 2.00 bits per heavy atom. The fraction of sp³-hybridized carbons (Fsp3) is 0.176. The molecule has 0 saturated carbocycles. The van der Waals surface area contributed by atoms with Gasteiger partial charge < -0.3 is 10.1 Å². The van der Waals surface area contributed by atoms with Gasteiger partial charge in [-0.25, -0.2) is 0 Å². The first-order valence-corrected chi connectivity index (χ1v) is 8.81. The Kier molecular flexibility index (Phi) is 6.99. The van der Waals surface area contributed by atoms with Gasteiger partial charge in [0.2, 0.25) is 0 Å². The minimum atomic E-state index is -0.642. The summed E-state index contributed by atoms with van der Waals surface area (Å²) in [5.41, 5.74) is 1.27. The molecule has 2 rings (SSSR count). The number of aryl methyl sites for hydroxylation is 1. The number of amides is 1. The van der Waals surface area contributed by atoms with E-state index in [9.17, 15) is 19.7 Å². The van der Waals surface area contributed by atoms with Crippen LogP contribution in [0.5, 0.6) is 0 Å². The third-order valence-corrected chi connectivity index (χ3v) is 4.51. The number of benzene rings is 2. The van der Waals surface area contributed by atoms with Crippen molar-refractivity contribution in [2.24, 2.45) is 0 Å². The third-order valence-electron chi connectivity index (χ3n) is 3.23. The largest absolute Gasteiger partial charge is 0.455 e. The molecule has 2 aromatic carbocycles. The van der Waals surface area contributed by atoms with E-state index in [1.807, 2.05) is 0 Å². The number of halogens is 1. The Morgan fingerprint density at radius 1 is 1.27 bits per heavy atom. The van der Waals surface area contributed by atoms with E-state index in [4.69, 9.17) is 16.3 Å². The Morgan fingerprint density at radius 3 is 2.69 bits per heavy atom. The zero-order chi connectivity index (χ0) is 19.1. The van der Waals surface area contributed by atoms with Gasteiger partial charge in [0.1, 0.15) is 0 Å². The van der Waals surface area contributed by atoms with Crippen LogP contribution < -0.4 is 5.32 Å². The van der Waals surface area contributed by atoms with Gasteiger partial charge in [-0.05, 0) is 36.8 Å². The highest BCUT2D eigenvalue weighted by Gasteiger charge is 2.15. The van der Waals surface area contributed by atoms with Gasteiger partial charge in [-0.3, -0.25) is 19.7 Å². The zero-order valence-electron chi connectivity index (χ0n) is 13.7. The molecule has 7 nitrogen and oxygen atoms in total. The van der Waals surface area contributed by atoms with Gasteiger partial charge in [-0.2, -0.15) is 0 Å². The molecule has 0 bridgehead atoms. The Labute approximate surface area is 158 Å². The molecule has 0 spiro atoms. The number of nitro benzene ring substituents is 1. The molecule has 0 unspecified atom stereocenters. The van der Waals surface area contributed by atoms with Crippen molar-refractivity contribution >= 4 is 46.6 Å². The van der Waals surface area contributed by atoms with E-state index in [1.54, 1.807) is 43.3 Å². The van der Waals surface area contributed by atoms with Crippen molar-refractivity contribution in [1.82, 2.24) is 0 Å². The monoisotopic (exact) mass is 394 g/mol. The maximum atomic E-state index is 11.9. The molecule has 136 valence electrons. The summed E-state index contributed by atoms with van der Waals surface area (Å²) in [6.07, 6.45) is 0. The van der Waals surface area contributed by atoms with E-state index in [0.717, 1.165) is 17.3 Å². The fourth-order valence-corrected chi connectivity index (χ4v) is 3.06. The average Bonchev–Trinajstić information content (AvgIpc) is 2.60. The van der Waals surface area contributed by atoms with Crippen molar-refractivity contribution in [3.8, 4) is 0 Å². The van der Waals surface area contributed by atoms with E-state index in [1.165, 1.54) is 6.07 Å². The van der Waals surface area contributed by atoms with Crippen LogP contribution in [-0.4, -0.2) is 29.2 Å². The highest BCUT2D eigenvalue weighted by atomic mass is 35.5. The number of carbonyl (C=O) groups is 2. The van der Waals surface area contributed by atoms with Gasteiger partial charge >= 0.3 is 5.97 Å². The highest BCUT2D eigenvalue weighted by Crippen LogP contribution is 2.28. The number of nitrogens with zero attached hydrogens (tertiary/aromatic N) is 1. The number of ether oxygens (including phenoxy) is 1. The molecule has 0 aliphatic heterocycles. The standard InChI is InChI=1S/C17H15ClN2O5S/c1-11-8-12(18)6-7-13(11)19-16(21)9-25-17(22)10-26-15-5-3-2-4-14(15)20(23)24/h2-8H,9-10H2,1H3,(H,19,21). The van der Waals surface area contributed by atoms with Crippen LogP contribution in [0.2, 0.25) is 5.02 Å². The number of nitrogens with one attached hydrogen (secondary N) is 1. The summed E-state index contributed by atoms with van der Waals surface area (Å²) in [7, 11) is 0. The lowest BCUT2D eigenvalue weighted by molar-refractivity contribution is -0.387. The van der Waals surface area contributed by atoms with E-state index in [2.05, 4.69) is 5.32 Å². The molecule has 0 aromatic heterocycles. The molecule has 0 aliphatic rings. The van der Waals surface area contributed by atoms with Gasteiger partial charge in [0, 0.05) is 16.8 Å². The number of anilines is 1. The summed E-state index contributed by atoms with van der Waals surface area (Å²) in [5, 5.41) is 14.1. The zero-order valence-corrected chi connectivity index (χ0v) is 15.3. The van der Waals surface area contributed by atoms with Crippen molar-refractivity contribution in [3.05, 3.63) is 63.2 Å². The van der Waals surface area contributed by atoms with Crippen LogP contribution in [0.25, 0.3) is 0 Å². The molecule has 9 heteroatoms. The Hall–Kier alpha value is -2.58. The highest BCUT2D eigenvalue weighted by molar-refractivity contribution is 8.00. The van der Waals surface area contributed by atoms with E-state index < -0.39 is 23.4 Å². The van der Waals surface area contributed by atoms with Crippen molar-refractivity contribution in [3.63, 3.8) is 0 Å². The van der Waals surface area contributed by atoms with Crippen LogP contribution in [0.4, 0.5) is 11.4 Å². The molecule has 26 heavy (non-hydrogen) atoms. The van der Waals surface area contributed by atoms with Gasteiger partial charge in [-0.1, -0.05) is 23.7 Å². The summed E-state index contributed by atoms with van der Waals surface area (Å²) < 4.78 is 4.89. The molecular weight excluding hydrogens is 380 g/mol. The van der Waals surface area contributed by atoms with Gasteiger partial charge in [-0.15, -0.1) is 11.8 Å². The summed E-state index contributed by atoms with van der Waals surface area (Å²) >= 11 is 6.83. The summed E-state index contributed by atoms with van der Waals surface area (Å²) in [6, 6.07) is 11.1. The lowest BCUT2D eigenvalue weighted by Crippen LogP contribution is -2.22. The van der Waals surface area contributed by atoms with E-state index in [0.29, 0.717) is 15.6 Å². The number of rotatable bonds is 7. The number of carbonyl (C=O) groups excluding carboxylic acids is 2. The first-order chi connectivity index (χ1) is 12.4. The molecule has 1 amide bonds. The van der Waals surface area contributed by atoms with Gasteiger partial charge in [0.15, 0.2) is 6.61 Å². The second-order valence-corrected chi connectivity index (χ2v) is 6.64. The summed E-state index contributed by atoms with van der Waals surface area (Å²) in [6.45, 7) is 1.34. The normalized spacial score (nSPS) is 10.2. The van der Waals surface area contributed by atoms with Crippen molar-refractivity contribution in [2.75, 3.05) is 17.7 Å². The minimum Gasteiger partial charge on any atom is -0.455 e. The molecule has 1 N–H and O–H groups in total. The van der Waals surface area contributed by atoms with Crippen LogP contribution >= 0.6 is 23.4 Å². The Balaban J connectivity index is 1.81. The fourth-order valence-electron chi connectivity index (χ4n) is 2.01. The number of para-hydroxylation sites is 1. The maximum absolute atomic E-state index is 11.9. The SMILES string of the molecule is Cc1cc(Cl)ccc1NC(=O)COC(=O)CSc1ccccc1[N+](=O)[O-]. The first-order valence-electron chi connectivity index (χ1n) is 7.44. The van der Waals surface area contributed by atoms with Crippen LogP contribution in [0.3, 0.4) is 0 Å². The lowest BCUT2D eigenvalue weighted by atomic mass is 10.2. The molecule has 2 aromatic rings. The minimum absolute atomic E-state index is 0.0822. The van der Waals surface area contributed by atoms with Crippen LogP contribution in [0, 0.1) is 17.0 Å². The number of thioether (sulfide) groups is 1. The second kappa shape index (κ2) is 9.21. The average molecular weight is 395 g/mol. The molecule has 0 saturated heterocycles. The number of hydrogen-bond acceptors (Lipinski definition) is 6. The number of esters is 1. The van der Waals surface area contributed by atoms with E-state index >= 15 is 0 Å². The van der Waals surface area contributed by atoms with Crippen LogP contribution in [0.1, 0.15) is 5.56 Å². The molecule has 0 heterocycles. The topological polar surface area (TPSA) is 98.5 Å². The molecule has 0 atom stereocenters. The molecular formula is C17H15ClN2O5S. The van der Waals surface area contributed by atoms with Crippen LogP contribution in [-0.2, 0) is 14.3 Å². The number of hydrogen-bond donors (Lipinski definition) is 1. The van der Waals surface area contributed by atoms with Gasteiger partial charge in [0.05, 0.1) is 15.6 Å². The van der Waals surface area contributed by atoms with Crippen LogP contribution in [0.15, 0.2) is 47.4 Å². The van der Waals surface area contributed by atoms with E-state index in [-0.39, 0.29) is 11.4 Å². The molecule has 0 aliphatic carbocycles. The predicted octanol–water partition coefficient (Wildman–Crippen LogP) is 3.83. The predicted molar refractivity (Wildman–Crippen MR) is 99.6 cm³/mol. The van der Waals surface area contributed by atoms with Crippen molar-refractivity contribution in [2.45, 2.75) is 11.8 Å². The first kappa shape index (κ1) is 19.7. The van der Waals surface area contributed by atoms with Gasteiger partial charge in [0.25, 0.3) is 11.6 Å².